The Morgan fingerprint density at radius 3 is 2.62 bits per heavy atom. The van der Waals surface area contributed by atoms with Crippen molar-refractivity contribution in [3.05, 3.63) is 64.4 Å². The maximum Gasteiger partial charge on any atom is 0.191 e. The van der Waals surface area contributed by atoms with Crippen molar-refractivity contribution >= 4 is 17.3 Å². The number of nitrogens with one attached hydrogen (secondary N) is 2. The predicted molar refractivity (Wildman–Crippen MR) is 107 cm³/mol. The number of guanidine groups is 1. The molecule has 0 saturated heterocycles. The summed E-state index contributed by atoms with van der Waals surface area (Å²) in [6.07, 6.45) is 1.96. The highest BCUT2D eigenvalue weighted by molar-refractivity contribution is 7.09. The van der Waals surface area contributed by atoms with Crippen molar-refractivity contribution in [2.75, 3.05) is 7.05 Å². The van der Waals surface area contributed by atoms with Crippen LogP contribution in [-0.2, 0) is 13.1 Å². The van der Waals surface area contributed by atoms with Crippen LogP contribution in [-0.4, -0.2) is 27.8 Å². The summed E-state index contributed by atoms with van der Waals surface area (Å²) in [7, 11) is 1.76. The fourth-order valence-corrected chi connectivity index (χ4v) is 3.30. The van der Waals surface area contributed by atoms with Crippen molar-refractivity contribution < 1.29 is 0 Å². The second kappa shape index (κ2) is 8.62. The van der Waals surface area contributed by atoms with Crippen molar-refractivity contribution in [3.8, 4) is 5.69 Å². The highest BCUT2D eigenvalue weighted by atomic mass is 32.1. The molecule has 0 aliphatic heterocycles. The van der Waals surface area contributed by atoms with Gasteiger partial charge < -0.3 is 10.6 Å². The number of para-hydroxylation sites is 1. The van der Waals surface area contributed by atoms with Gasteiger partial charge in [-0.3, -0.25) is 4.99 Å². The summed E-state index contributed by atoms with van der Waals surface area (Å²) in [6, 6.07) is 12.1. The van der Waals surface area contributed by atoms with Crippen molar-refractivity contribution in [3.63, 3.8) is 0 Å². The highest BCUT2D eigenvalue weighted by Gasteiger charge is 2.07. The van der Waals surface area contributed by atoms with E-state index in [4.69, 9.17) is 0 Å². The van der Waals surface area contributed by atoms with Crippen LogP contribution in [0.1, 0.15) is 36.2 Å². The van der Waals surface area contributed by atoms with Gasteiger partial charge in [0, 0.05) is 18.6 Å². The molecule has 2 heterocycles. The second-order valence-corrected chi connectivity index (χ2v) is 7.13. The summed E-state index contributed by atoms with van der Waals surface area (Å²) in [6.45, 7) is 5.58. The summed E-state index contributed by atoms with van der Waals surface area (Å²) in [5.74, 6) is 1.19. The Hall–Kier alpha value is -2.67. The minimum absolute atomic E-state index is 0.456. The van der Waals surface area contributed by atoms with E-state index in [1.165, 1.54) is 0 Å². The minimum atomic E-state index is 0.456. The number of aliphatic imine (C=N–C) groups is 1. The SMILES string of the molecule is CN=C(NCc1ccn(-c2ccccc2)n1)NCc1nc(C(C)C)cs1. The number of nitrogens with zero attached hydrogens (tertiary/aromatic N) is 4. The molecule has 0 amide bonds. The molecule has 0 bridgehead atoms. The Kier molecular flexibility index (Phi) is 6.01. The molecule has 0 fully saturated rings. The van der Waals surface area contributed by atoms with Gasteiger partial charge in [-0.25, -0.2) is 9.67 Å². The first-order valence-corrected chi connectivity index (χ1v) is 9.52. The zero-order valence-corrected chi connectivity index (χ0v) is 16.1. The maximum absolute atomic E-state index is 4.63. The first-order valence-electron chi connectivity index (χ1n) is 8.64. The van der Waals surface area contributed by atoms with E-state index < -0.39 is 0 Å². The fourth-order valence-electron chi connectivity index (χ4n) is 2.41. The molecule has 0 saturated carbocycles. The lowest BCUT2D eigenvalue weighted by atomic mass is 10.2. The molecule has 0 aliphatic carbocycles. The molecular weight excluding hydrogens is 344 g/mol. The Morgan fingerprint density at radius 2 is 1.92 bits per heavy atom. The van der Waals surface area contributed by atoms with Gasteiger partial charge in [0.1, 0.15) is 5.01 Å². The number of hydrogen-bond acceptors (Lipinski definition) is 4. The summed E-state index contributed by atoms with van der Waals surface area (Å²) >= 11 is 1.67. The Morgan fingerprint density at radius 1 is 1.15 bits per heavy atom. The maximum atomic E-state index is 4.63. The first kappa shape index (κ1) is 18.1. The predicted octanol–water partition coefficient (Wildman–Crippen LogP) is 3.32. The van der Waals surface area contributed by atoms with Gasteiger partial charge in [0.2, 0.25) is 0 Å². The van der Waals surface area contributed by atoms with Gasteiger partial charge >= 0.3 is 0 Å². The molecule has 26 heavy (non-hydrogen) atoms. The van der Waals surface area contributed by atoms with Crippen LogP contribution in [0.2, 0.25) is 0 Å². The average molecular weight is 369 g/mol. The molecule has 0 atom stereocenters. The molecule has 6 nitrogen and oxygen atoms in total. The second-order valence-electron chi connectivity index (χ2n) is 6.19. The molecule has 3 rings (SSSR count). The van der Waals surface area contributed by atoms with Crippen molar-refractivity contribution in [2.24, 2.45) is 4.99 Å². The third-order valence-electron chi connectivity index (χ3n) is 3.89. The molecule has 7 heteroatoms. The van der Waals surface area contributed by atoms with E-state index in [9.17, 15) is 0 Å². The van der Waals surface area contributed by atoms with Crippen LogP contribution in [0, 0.1) is 0 Å². The van der Waals surface area contributed by atoms with E-state index in [-0.39, 0.29) is 0 Å². The normalized spacial score (nSPS) is 11.8. The lowest BCUT2D eigenvalue weighted by Crippen LogP contribution is -2.36. The quantitative estimate of drug-likeness (QED) is 0.517. The van der Waals surface area contributed by atoms with Crippen LogP contribution in [0.3, 0.4) is 0 Å². The number of thiazole rings is 1. The summed E-state index contributed by atoms with van der Waals surface area (Å²) in [4.78, 5) is 8.89. The zero-order valence-electron chi connectivity index (χ0n) is 15.3. The van der Waals surface area contributed by atoms with Crippen LogP contribution in [0.5, 0.6) is 0 Å². The van der Waals surface area contributed by atoms with Crippen molar-refractivity contribution in [1.82, 2.24) is 25.4 Å². The smallest absolute Gasteiger partial charge is 0.191 e. The van der Waals surface area contributed by atoms with Crippen molar-refractivity contribution in [1.29, 1.82) is 0 Å². The van der Waals surface area contributed by atoms with Gasteiger partial charge in [0.05, 0.1) is 30.2 Å². The lowest BCUT2D eigenvalue weighted by molar-refractivity contribution is 0.761. The zero-order chi connectivity index (χ0) is 18.4. The van der Waals surface area contributed by atoms with E-state index in [0.717, 1.165) is 28.0 Å². The highest BCUT2D eigenvalue weighted by Crippen LogP contribution is 2.17. The van der Waals surface area contributed by atoms with E-state index in [2.05, 4.69) is 44.9 Å². The van der Waals surface area contributed by atoms with Gasteiger partial charge in [-0.1, -0.05) is 32.0 Å². The van der Waals surface area contributed by atoms with Crippen LogP contribution in [0.4, 0.5) is 0 Å². The summed E-state index contributed by atoms with van der Waals surface area (Å²) < 4.78 is 1.87. The van der Waals surface area contributed by atoms with Gasteiger partial charge in [-0.2, -0.15) is 5.10 Å². The molecule has 0 aliphatic rings. The lowest BCUT2D eigenvalue weighted by Gasteiger charge is -2.09. The molecular formula is C19H24N6S. The van der Waals surface area contributed by atoms with Gasteiger partial charge in [0.25, 0.3) is 0 Å². The fraction of sp³-hybridized carbons (Fsp3) is 0.316. The van der Waals surface area contributed by atoms with Crippen LogP contribution < -0.4 is 10.6 Å². The molecule has 2 aromatic heterocycles. The van der Waals surface area contributed by atoms with Gasteiger partial charge in [0.15, 0.2) is 5.96 Å². The topological polar surface area (TPSA) is 67.1 Å². The number of aromatic nitrogens is 3. The summed E-state index contributed by atoms with van der Waals surface area (Å²) in [5.41, 5.74) is 3.14. The molecule has 0 spiro atoms. The minimum Gasteiger partial charge on any atom is -0.351 e. The number of benzene rings is 1. The summed E-state index contributed by atoms with van der Waals surface area (Å²) in [5, 5.41) is 14.4. The Labute approximate surface area is 158 Å². The van der Waals surface area contributed by atoms with E-state index >= 15 is 0 Å². The van der Waals surface area contributed by atoms with Gasteiger partial charge in [-0.05, 0) is 24.1 Å². The van der Waals surface area contributed by atoms with Crippen molar-refractivity contribution in [2.45, 2.75) is 32.9 Å². The molecule has 0 unspecified atom stereocenters. The molecule has 0 radical (unpaired) electrons. The van der Waals surface area contributed by atoms with E-state index in [1.54, 1.807) is 18.4 Å². The standard InChI is InChI=1S/C19H24N6S/c1-14(2)17-13-26-18(23-17)12-22-19(20-3)21-11-15-9-10-25(24-15)16-7-5-4-6-8-16/h4-10,13-14H,11-12H2,1-3H3,(H2,20,21,22). The third kappa shape index (κ3) is 4.70. The third-order valence-corrected chi connectivity index (χ3v) is 4.76. The first-order chi connectivity index (χ1) is 12.7. The van der Waals surface area contributed by atoms with Crippen LogP contribution >= 0.6 is 11.3 Å². The van der Waals surface area contributed by atoms with Crippen LogP contribution in [0.15, 0.2) is 53.0 Å². The molecule has 1 aromatic carbocycles. The Balaban J connectivity index is 1.52. The molecule has 136 valence electrons. The van der Waals surface area contributed by atoms with E-state index in [0.29, 0.717) is 19.0 Å². The Bertz CT molecular complexity index is 850. The monoisotopic (exact) mass is 368 g/mol. The van der Waals surface area contributed by atoms with E-state index in [1.807, 2.05) is 47.3 Å². The van der Waals surface area contributed by atoms with Gasteiger partial charge in [-0.15, -0.1) is 11.3 Å². The number of hydrogen-bond donors (Lipinski definition) is 2. The van der Waals surface area contributed by atoms with Crippen LogP contribution in [0.25, 0.3) is 5.69 Å². The molecule has 3 aromatic rings. The largest absolute Gasteiger partial charge is 0.351 e. The number of rotatable bonds is 6. The molecule has 2 N–H and O–H groups in total. The average Bonchev–Trinajstić information content (AvgIpc) is 3.32.